The second-order valence-corrected chi connectivity index (χ2v) is 7.32. The fraction of sp³-hybridized carbons (Fsp3) is 0.579. The smallest absolute Gasteiger partial charge is 0.413 e. The number of hydrogen-bond donors (Lipinski definition) is 2. The lowest BCUT2D eigenvalue weighted by Gasteiger charge is -2.20. The minimum atomic E-state index is -1.32. The summed E-state index contributed by atoms with van der Waals surface area (Å²) in [4.78, 5) is 39.6. The Morgan fingerprint density at radius 2 is 1.89 bits per heavy atom. The third kappa shape index (κ3) is 7.64. The summed E-state index contributed by atoms with van der Waals surface area (Å²) in [6, 6.07) is 3.16. The predicted molar refractivity (Wildman–Crippen MR) is 99.5 cm³/mol. The number of aromatic nitrogens is 1. The number of ether oxygens (including phenoxy) is 2. The normalized spacial score (nSPS) is 13.4. The topological polar surface area (TPSA) is 115 Å². The van der Waals surface area contributed by atoms with Gasteiger partial charge < -0.3 is 14.6 Å². The summed E-state index contributed by atoms with van der Waals surface area (Å²) in [6.07, 6.45) is -0.429. The molecule has 8 nitrogen and oxygen atoms in total. The van der Waals surface area contributed by atoms with Crippen LogP contribution in [0.5, 0.6) is 0 Å². The molecule has 2 unspecified atom stereocenters. The number of hydrogen-bond acceptors (Lipinski definition) is 6. The van der Waals surface area contributed by atoms with Crippen LogP contribution in [0.1, 0.15) is 52.3 Å². The molecule has 0 aliphatic carbocycles. The highest BCUT2D eigenvalue weighted by Gasteiger charge is 2.30. The maximum Gasteiger partial charge on any atom is 0.413 e. The number of carboxylic acids is 1. The van der Waals surface area contributed by atoms with Gasteiger partial charge in [-0.2, -0.15) is 0 Å². The Balaban J connectivity index is 2.86. The van der Waals surface area contributed by atoms with Gasteiger partial charge in [0.05, 0.1) is 6.10 Å². The standard InChI is InChI=1S/C19H28N2O6/c1-7-11(2)26-17(24)14(16(22)23)10-13-8-9-15(20-12(13)3)21-18(25)27-19(4,5)6/h8-9,11,14H,7,10H2,1-6H3,(H,22,23)(H,20,21,25). The van der Waals surface area contributed by atoms with Crippen molar-refractivity contribution in [2.45, 2.75) is 66.1 Å². The number of carboxylic acid groups (broad SMARTS) is 1. The average Bonchev–Trinajstić information content (AvgIpc) is 2.51. The number of amides is 1. The zero-order valence-corrected chi connectivity index (χ0v) is 16.7. The van der Waals surface area contributed by atoms with Gasteiger partial charge in [-0.3, -0.25) is 14.9 Å². The van der Waals surface area contributed by atoms with Gasteiger partial charge in [0.15, 0.2) is 5.92 Å². The summed E-state index contributed by atoms with van der Waals surface area (Å²) in [7, 11) is 0. The van der Waals surface area contributed by atoms with Crippen molar-refractivity contribution >= 4 is 23.8 Å². The van der Waals surface area contributed by atoms with Crippen LogP contribution in [-0.2, 0) is 25.5 Å². The average molecular weight is 380 g/mol. The van der Waals surface area contributed by atoms with Crippen LogP contribution in [0.15, 0.2) is 12.1 Å². The number of nitrogens with zero attached hydrogens (tertiary/aromatic N) is 1. The maximum atomic E-state index is 12.1. The molecule has 0 aliphatic heterocycles. The summed E-state index contributed by atoms with van der Waals surface area (Å²) in [6.45, 7) is 10.5. The molecule has 1 amide bonds. The lowest BCUT2D eigenvalue weighted by Crippen LogP contribution is -2.30. The van der Waals surface area contributed by atoms with Gasteiger partial charge in [0, 0.05) is 5.69 Å². The van der Waals surface area contributed by atoms with E-state index in [0.29, 0.717) is 17.7 Å². The van der Waals surface area contributed by atoms with E-state index in [9.17, 15) is 19.5 Å². The number of esters is 1. The molecule has 0 aromatic carbocycles. The molecular weight excluding hydrogens is 352 g/mol. The van der Waals surface area contributed by atoms with Crippen LogP contribution in [0, 0.1) is 12.8 Å². The maximum absolute atomic E-state index is 12.1. The second-order valence-electron chi connectivity index (χ2n) is 7.32. The Labute approximate surface area is 159 Å². The van der Waals surface area contributed by atoms with Crippen molar-refractivity contribution in [3.8, 4) is 0 Å². The SMILES string of the molecule is CCC(C)OC(=O)C(Cc1ccc(NC(=O)OC(C)(C)C)nc1C)C(=O)O. The van der Waals surface area contributed by atoms with Crippen molar-refractivity contribution in [1.29, 1.82) is 0 Å². The van der Waals surface area contributed by atoms with Gasteiger partial charge in [-0.15, -0.1) is 0 Å². The van der Waals surface area contributed by atoms with E-state index in [-0.39, 0.29) is 18.3 Å². The number of aryl methyl sites for hydroxylation is 1. The van der Waals surface area contributed by atoms with Crippen LogP contribution in [0.4, 0.5) is 10.6 Å². The van der Waals surface area contributed by atoms with E-state index in [1.165, 1.54) is 6.07 Å². The van der Waals surface area contributed by atoms with E-state index in [1.54, 1.807) is 40.7 Å². The van der Waals surface area contributed by atoms with E-state index in [4.69, 9.17) is 9.47 Å². The third-order valence-electron chi connectivity index (χ3n) is 3.72. The minimum Gasteiger partial charge on any atom is -0.481 e. The minimum absolute atomic E-state index is 0.0455. The zero-order chi connectivity index (χ0) is 20.8. The van der Waals surface area contributed by atoms with Gasteiger partial charge in [-0.05, 0) is 59.1 Å². The van der Waals surface area contributed by atoms with Crippen molar-refractivity contribution in [2.24, 2.45) is 5.92 Å². The number of pyridine rings is 1. The molecule has 0 fully saturated rings. The van der Waals surface area contributed by atoms with E-state index >= 15 is 0 Å². The van der Waals surface area contributed by atoms with E-state index in [2.05, 4.69) is 10.3 Å². The molecule has 0 spiro atoms. The Hall–Kier alpha value is -2.64. The molecule has 0 saturated heterocycles. The molecule has 0 saturated carbocycles. The highest BCUT2D eigenvalue weighted by molar-refractivity contribution is 5.94. The molecule has 0 radical (unpaired) electrons. The number of rotatable bonds is 7. The molecule has 1 rings (SSSR count). The highest BCUT2D eigenvalue weighted by Crippen LogP contribution is 2.18. The molecule has 1 aromatic rings. The number of anilines is 1. The monoisotopic (exact) mass is 380 g/mol. The van der Waals surface area contributed by atoms with Gasteiger partial charge in [-0.1, -0.05) is 13.0 Å². The van der Waals surface area contributed by atoms with Gasteiger partial charge in [-0.25, -0.2) is 9.78 Å². The second kappa shape index (κ2) is 9.34. The van der Waals surface area contributed by atoms with Crippen molar-refractivity contribution < 1.29 is 29.0 Å². The highest BCUT2D eigenvalue weighted by atomic mass is 16.6. The largest absolute Gasteiger partial charge is 0.481 e. The quantitative estimate of drug-likeness (QED) is 0.551. The number of carbonyl (C=O) groups is 3. The predicted octanol–water partition coefficient (Wildman–Crippen LogP) is 3.32. The van der Waals surface area contributed by atoms with Crippen molar-refractivity contribution in [3.63, 3.8) is 0 Å². The molecular formula is C19H28N2O6. The number of carbonyl (C=O) groups excluding carboxylic acids is 2. The van der Waals surface area contributed by atoms with E-state index in [1.807, 2.05) is 6.92 Å². The molecule has 2 N–H and O–H groups in total. The molecule has 0 aliphatic rings. The van der Waals surface area contributed by atoms with Crippen LogP contribution < -0.4 is 5.32 Å². The summed E-state index contributed by atoms with van der Waals surface area (Å²) < 4.78 is 10.3. The first-order chi connectivity index (χ1) is 12.4. The van der Waals surface area contributed by atoms with Crippen LogP contribution in [0.3, 0.4) is 0 Å². The first-order valence-electron chi connectivity index (χ1n) is 8.82. The molecule has 0 bridgehead atoms. The van der Waals surface area contributed by atoms with Gasteiger partial charge >= 0.3 is 18.0 Å². The summed E-state index contributed by atoms with van der Waals surface area (Å²) in [5.74, 6) is -3.06. The number of nitrogens with one attached hydrogen (secondary N) is 1. The van der Waals surface area contributed by atoms with Crippen molar-refractivity contribution in [3.05, 3.63) is 23.4 Å². The molecule has 27 heavy (non-hydrogen) atoms. The Morgan fingerprint density at radius 3 is 2.37 bits per heavy atom. The van der Waals surface area contributed by atoms with E-state index < -0.39 is 29.6 Å². The van der Waals surface area contributed by atoms with Crippen LogP contribution in [-0.4, -0.2) is 39.8 Å². The van der Waals surface area contributed by atoms with Crippen molar-refractivity contribution in [2.75, 3.05) is 5.32 Å². The molecule has 1 aromatic heterocycles. The molecule has 150 valence electrons. The lowest BCUT2D eigenvalue weighted by molar-refractivity contribution is -0.161. The lowest BCUT2D eigenvalue weighted by atomic mass is 9.98. The third-order valence-corrected chi connectivity index (χ3v) is 3.72. The summed E-state index contributed by atoms with van der Waals surface area (Å²) in [5.41, 5.74) is 0.452. The van der Waals surface area contributed by atoms with Crippen LogP contribution >= 0.6 is 0 Å². The Kier molecular flexibility index (Phi) is 7.75. The van der Waals surface area contributed by atoms with Gasteiger partial charge in [0.2, 0.25) is 0 Å². The van der Waals surface area contributed by atoms with Crippen LogP contribution in [0.25, 0.3) is 0 Å². The first-order valence-corrected chi connectivity index (χ1v) is 8.82. The number of aliphatic carboxylic acids is 1. The zero-order valence-electron chi connectivity index (χ0n) is 16.7. The van der Waals surface area contributed by atoms with E-state index in [0.717, 1.165) is 0 Å². The molecule has 2 atom stereocenters. The Morgan fingerprint density at radius 1 is 1.26 bits per heavy atom. The fourth-order valence-corrected chi connectivity index (χ4v) is 2.14. The van der Waals surface area contributed by atoms with Gasteiger partial charge in [0.1, 0.15) is 11.4 Å². The first kappa shape index (κ1) is 22.4. The Bertz CT molecular complexity index is 696. The van der Waals surface area contributed by atoms with Crippen LogP contribution in [0.2, 0.25) is 0 Å². The van der Waals surface area contributed by atoms with Gasteiger partial charge in [0.25, 0.3) is 0 Å². The molecule has 8 heteroatoms. The van der Waals surface area contributed by atoms with Crippen molar-refractivity contribution in [1.82, 2.24) is 4.98 Å². The summed E-state index contributed by atoms with van der Waals surface area (Å²) in [5, 5.41) is 11.9. The fourth-order valence-electron chi connectivity index (χ4n) is 2.14. The molecule has 1 heterocycles. The summed E-state index contributed by atoms with van der Waals surface area (Å²) >= 11 is 0.